The number of nitrogens with zero attached hydrogens (tertiary/aromatic N) is 3. The maximum atomic E-state index is 6.43. The molecule has 1 unspecified atom stereocenters. The highest BCUT2D eigenvalue weighted by molar-refractivity contribution is 6.35. The first-order chi connectivity index (χ1) is 13.1. The van der Waals surface area contributed by atoms with Gasteiger partial charge in [-0.15, -0.1) is 5.10 Å². The summed E-state index contributed by atoms with van der Waals surface area (Å²) >= 11 is 18.4. The standard InChI is InChI=1S/C20H18Cl3N3O/c21-15-5-1-13(2-6-15)12-27-20(17-8-7-16(22)9-18(17)23)11-26-10-19(24-25-26)14-3-4-14/h1-2,5-10,14,20H,3-4,11-12H2. The van der Waals surface area contributed by atoms with E-state index in [-0.39, 0.29) is 6.10 Å². The maximum absolute atomic E-state index is 6.43. The van der Waals surface area contributed by atoms with Gasteiger partial charge in [0, 0.05) is 32.7 Å². The van der Waals surface area contributed by atoms with E-state index in [1.54, 1.807) is 6.07 Å². The van der Waals surface area contributed by atoms with Crippen molar-refractivity contribution in [1.29, 1.82) is 0 Å². The van der Waals surface area contributed by atoms with E-state index in [9.17, 15) is 0 Å². The monoisotopic (exact) mass is 421 g/mol. The molecule has 0 radical (unpaired) electrons. The summed E-state index contributed by atoms with van der Waals surface area (Å²) in [5.41, 5.74) is 2.96. The quantitative estimate of drug-likeness (QED) is 0.463. The van der Waals surface area contributed by atoms with Gasteiger partial charge >= 0.3 is 0 Å². The van der Waals surface area contributed by atoms with Crippen molar-refractivity contribution in [2.45, 2.75) is 38.0 Å². The molecular weight excluding hydrogens is 405 g/mol. The molecule has 1 aliphatic rings. The topological polar surface area (TPSA) is 39.9 Å². The molecule has 3 aromatic rings. The second-order valence-electron chi connectivity index (χ2n) is 6.73. The van der Waals surface area contributed by atoms with E-state index in [1.807, 2.05) is 47.3 Å². The normalized spacial score (nSPS) is 15.1. The van der Waals surface area contributed by atoms with Crippen molar-refractivity contribution in [1.82, 2.24) is 15.0 Å². The van der Waals surface area contributed by atoms with Gasteiger partial charge in [0.05, 0.1) is 18.8 Å². The van der Waals surface area contributed by atoms with E-state index in [4.69, 9.17) is 39.5 Å². The van der Waals surface area contributed by atoms with Gasteiger partial charge in [0.25, 0.3) is 0 Å². The third-order valence-corrected chi connectivity index (χ3v) is 5.39. The molecule has 1 heterocycles. The van der Waals surface area contributed by atoms with Crippen molar-refractivity contribution in [3.8, 4) is 0 Å². The van der Waals surface area contributed by atoms with Crippen molar-refractivity contribution >= 4 is 34.8 Å². The molecule has 0 spiro atoms. The number of hydrogen-bond donors (Lipinski definition) is 0. The molecule has 4 rings (SSSR count). The summed E-state index contributed by atoms with van der Waals surface area (Å²) in [6.07, 6.45) is 4.11. The highest BCUT2D eigenvalue weighted by Gasteiger charge is 2.27. The van der Waals surface area contributed by atoms with Crippen LogP contribution in [0.3, 0.4) is 0 Å². The van der Waals surface area contributed by atoms with Crippen molar-refractivity contribution < 1.29 is 4.74 Å². The summed E-state index contributed by atoms with van der Waals surface area (Å²) in [5.74, 6) is 0.561. The van der Waals surface area contributed by atoms with Gasteiger partial charge in [-0.25, -0.2) is 4.68 Å². The Bertz CT molecular complexity index is 922. The van der Waals surface area contributed by atoms with Crippen LogP contribution in [-0.4, -0.2) is 15.0 Å². The van der Waals surface area contributed by atoms with E-state index in [1.165, 1.54) is 12.8 Å². The van der Waals surface area contributed by atoms with Gasteiger partial charge < -0.3 is 4.74 Å². The van der Waals surface area contributed by atoms with E-state index in [0.29, 0.717) is 34.1 Å². The number of benzene rings is 2. The number of ether oxygens (including phenoxy) is 1. The molecule has 0 amide bonds. The smallest absolute Gasteiger partial charge is 0.104 e. The third kappa shape index (κ3) is 4.82. The largest absolute Gasteiger partial charge is 0.367 e. The Labute approximate surface area is 173 Å². The maximum Gasteiger partial charge on any atom is 0.104 e. The lowest BCUT2D eigenvalue weighted by Gasteiger charge is -2.20. The van der Waals surface area contributed by atoms with E-state index >= 15 is 0 Å². The van der Waals surface area contributed by atoms with Crippen molar-refractivity contribution in [2.24, 2.45) is 0 Å². The average Bonchev–Trinajstić information content (AvgIpc) is 3.40. The van der Waals surface area contributed by atoms with E-state index in [2.05, 4.69) is 10.3 Å². The molecule has 1 aliphatic carbocycles. The molecule has 4 nitrogen and oxygen atoms in total. The zero-order valence-corrected chi connectivity index (χ0v) is 16.8. The van der Waals surface area contributed by atoms with Gasteiger partial charge in [0.1, 0.15) is 6.10 Å². The van der Waals surface area contributed by atoms with Gasteiger partial charge in [-0.05, 0) is 42.7 Å². The molecule has 0 N–H and O–H groups in total. The molecule has 7 heteroatoms. The number of hydrogen-bond acceptors (Lipinski definition) is 3. The van der Waals surface area contributed by atoms with E-state index in [0.717, 1.165) is 16.8 Å². The van der Waals surface area contributed by atoms with E-state index < -0.39 is 0 Å². The Kier molecular flexibility index (Phi) is 5.69. The minimum absolute atomic E-state index is 0.279. The summed E-state index contributed by atoms with van der Waals surface area (Å²) in [5, 5.41) is 10.4. The Balaban J connectivity index is 1.54. The molecule has 0 saturated heterocycles. The Morgan fingerprint density at radius 2 is 1.78 bits per heavy atom. The molecule has 140 valence electrons. The molecule has 1 fully saturated rings. The zero-order valence-electron chi connectivity index (χ0n) is 14.5. The van der Waals surface area contributed by atoms with Crippen LogP contribution in [0, 0.1) is 0 Å². The third-order valence-electron chi connectivity index (χ3n) is 4.58. The lowest BCUT2D eigenvalue weighted by atomic mass is 10.1. The van der Waals surface area contributed by atoms with Crippen LogP contribution in [0.15, 0.2) is 48.7 Å². The first-order valence-corrected chi connectivity index (χ1v) is 9.93. The summed E-state index contributed by atoms with van der Waals surface area (Å²) in [6, 6.07) is 13.0. The van der Waals surface area contributed by atoms with Crippen LogP contribution in [0.5, 0.6) is 0 Å². The second kappa shape index (κ2) is 8.19. The number of halogens is 3. The first-order valence-electron chi connectivity index (χ1n) is 8.79. The lowest BCUT2D eigenvalue weighted by molar-refractivity contribution is 0.0254. The predicted molar refractivity (Wildman–Crippen MR) is 107 cm³/mol. The highest BCUT2D eigenvalue weighted by atomic mass is 35.5. The van der Waals surface area contributed by atoms with Gasteiger partial charge in [-0.2, -0.15) is 0 Å². The van der Waals surface area contributed by atoms with Crippen LogP contribution in [0.25, 0.3) is 0 Å². The minimum atomic E-state index is -0.279. The number of rotatable bonds is 7. The first kappa shape index (κ1) is 18.8. The molecule has 1 aromatic heterocycles. The molecule has 0 bridgehead atoms. The summed E-state index contributed by atoms with van der Waals surface area (Å²) < 4.78 is 8.03. The highest BCUT2D eigenvalue weighted by Crippen LogP contribution is 2.38. The summed E-state index contributed by atoms with van der Waals surface area (Å²) in [6.45, 7) is 0.958. The molecule has 2 aromatic carbocycles. The predicted octanol–water partition coefficient (Wildman–Crippen LogP) is 6.07. The average molecular weight is 423 g/mol. The van der Waals surface area contributed by atoms with Crippen LogP contribution >= 0.6 is 34.8 Å². The fourth-order valence-electron chi connectivity index (χ4n) is 2.92. The molecule has 0 aliphatic heterocycles. The Hall–Kier alpha value is -1.59. The van der Waals surface area contributed by atoms with Crippen molar-refractivity contribution in [3.05, 3.63) is 80.6 Å². The SMILES string of the molecule is Clc1ccc(COC(Cn2cc(C3CC3)nn2)c2ccc(Cl)cc2Cl)cc1. The molecule has 1 atom stereocenters. The Morgan fingerprint density at radius 3 is 2.48 bits per heavy atom. The molecule has 1 saturated carbocycles. The van der Waals surface area contributed by atoms with Crippen LogP contribution in [0.4, 0.5) is 0 Å². The van der Waals surface area contributed by atoms with Gasteiger partial charge in [0.15, 0.2) is 0 Å². The van der Waals surface area contributed by atoms with Crippen LogP contribution in [0.2, 0.25) is 15.1 Å². The molecular formula is C20H18Cl3N3O. The van der Waals surface area contributed by atoms with Crippen molar-refractivity contribution in [2.75, 3.05) is 0 Å². The minimum Gasteiger partial charge on any atom is -0.367 e. The van der Waals surface area contributed by atoms with Crippen LogP contribution in [0.1, 0.15) is 41.7 Å². The summed E-state index contributed by atoms with van der Waals surface area (Å²) in [4.78, 5) is 0. The Morgan fingerprint density at radius 1 is 1.04 bits per heavy atom. The van der Waals surface area contributed by atoms with Gasteiger partial charge in [0.2, 0.25) is 0 Å². The van der Waals surface area contributed by atoms with Crippen LogP contribution in [-0.2, 0) is 17.9 Å². The zero-order chi connectivity index (χ0) is 18.8. The fraction of sp³-hybridized carbons (Fsp3) is 0.300. The van der Waals surface area contributed by atoms with Gasteiger partial charge in [-0.1, -0.05) is 58.2 Å². The van der Waals surface area contributed by atoms with Gasteiger partial charge in [-0.3, -0.25) is 0 Å². The summed E-state index contributed by atoms with van der Waals surface area (Å²) in [7, 11) is 0. The second-order valence-corrected chi connectivity index (χ2v) is 8.01. The fourth-order valence-corrected chi connectivity index (χ4v) is 3.58. The number of aromatic nitrogens is 3. The van der Waals surface area contributed by atoms with Crippen molar-refractivity contribution in [3.63, 3.8) is 0 Å². The lowest BCUT2D eigenvalue weighted by Crippen LogP contribution is -2.14. The molecule has 27 heavy (non-hydrogen) atoms. The van der Waals surface area contributed by atoms with Crippen LogP contribution < -0.4 is 0 Å².